The molecule has 1 heterocycles. The lowest BCUT2D eigenvalue weighted by Gasteiger charge is -2.32. The summed E-state index contributed by atoms with van der Waals surface area (Å²) in [7, 11) is -0.310. The van der Waals surface area contributed by atoms with Gasteiger partial charge in [0.1, 0.15) is 0 Å². The van der Waals surface area contributed by atoms with E-state index in [-0.39, 0.29) is 29.7 Å². The normalized spacial score (nSPS) is 26.8. The predicted molar refractivity (Wildman–Crippen MR) is 63.5 cm³/mol. The molecule has 0 amide bonds. The van der Waals surface area contributed by atoms with Crippen molar-refractivity contribution < 1.29 is 9.31 Å². The second-order valence-corrected chi connectivity index (χ2v) is 6.52. The van der Waals surface area contributed by atoms with Crippen LogP contribution < -0.4 is 5.73 Å². The van der Waals surface area contributed by atoms with E-state index in [0.29, 0.717) is 0 Å². The van der Waals surface area contributed by atoms with Crippen LogP contribution in [0.2, 0.25) is 0 Å². The van der Waals surface area contributed by atoms with Crippen molar-refractivity contribution in [2.75, 3.05) is 0 Å². The summed E-state index contributed by atoms with van der Waals surface area (Å²) in [5.74, 6) is -0.112. The topological polar surface area (TPSA) is 44.5 Å². The van der Waals surface area contributed by atoms with Crippen molar-refractivity contribution in [2.24, 2.45) is 11.1 Å². The van der Waals surface area contributed by atoms with E-state index in [1.54, 1.807) is 0 Å². The molecule has 1 atom stereocenters. The van der Waals surface area contributed by atoms with Gasteiger partial charge in [0, 0.05) is 5.94 Å². The Morgan fingerprint density at radius 2 is 1.33 bits per heavy atom. The molecule has 0 aliphatic carbocycles. The zero-order chi connectivity index (χ0) is 12.1. The van der Waals surface area contributed by atoms with E-state index in [9.17, 15) is 0 Å². The van der Waals surface area contributed by atoms with Gasteiger partial charge in [-0.2, -0.15) is 0 Å². The molecule has 3 nitrogen and oxygen atoms in total. The minimum Gasteiger partial charge on any atom is -0.402 e. The van der Waals surface area contributed by atoms with Gasteiger partial charge in [-0.15, -0.1) is 0 Å². The smallest absolute Gasteiger partial charge is 0.402 e. The maximum Gasteiger partial charge on any atom is 0.476 e. The molecule has 1 aliphatic rings. The van der Waals surface area contributed by atoms with Gasteiger partial charge in [0.25, 0.3) is 0 Å². The standard InChI is InChI=1S/C11H24BNO2/c1-9(2,3)8(13)12-14-10(4,5)11(6,7)15-12/h8H,13H2,1-7H3/t8-/m1/s1. The molecule has 2 N–H and O–H groups in total. The molecule has 1 fully saturated rings. The summed E-state index contributed by atoms with van der Waals surface area (Å²) in [4.78, 5) is 0. The third kappa shape index (κ3) is 2.37. The van der Waals surface area contributed by atoms with E-state index in [0.717, 1.165) is 0 Å². The van der Waals surface area contributed by atoms with Crippen LogP contribution in [0, 0.1) is 5.41 Å². The summed E-state index contributed by atoms with van der Waals surface area (Å²) in [5.41, 5.74) is 5.55. The number of nitrogens with two attached hydrogens (primary N) is 1. The molecule has 88 valence electrons. The van der Waals surface area contributed by atoms with Gasteiger partial charge < -0.3 is 15.0 Å². The highest BCUT2D eigenvalue weighted by molar-refractivity contribution is 6.47. The number of hydrogen-bond acceptors (Lipinski definition) is 3. The Balaban J connectivity index is 2.80. The van der Waals surface area contributed by atoms with Crippen molar-refractivity contribution in [1.29, 1.82) is 0 Å². The summed E-state index contributed by atoms with van der Waals surface area (Å²) in [5, 5.41) is 0. The molecule has 1 saturated heterocycles. The van der Waals surface area contributed by atoms with Crippen LogP contribution in [0.25, 0.3) is 0 Å². The van der Waals surface area contributed by atoms with Crippen LogP contribution in [0.5, 0.6) is 0 Å². The molecule has 0 spiro atoms. The summed E-state index contributed by atoms with van der Waals surface area (Å²) in [6.07, 6.45) is 0. The molecule has 15 heavy (non-hydrogen) atoms. The first-order chi connectivity index (χ1) is 6.47. The maximum absolute atomic E-state index is 6.15. The SMILES string of the molecule is CC(C)(C)[C@@H](N)B1OC(C)(C)C(C)(C)O1. The van der Waals surface area contributed by atoms with Crippen LogP contribution in [-0.4, -0.2) is 24.3 Å². The van der Waals surface area contributed by atoms with Crippen molar-refractivity contribution in [3.8, 4) is 0 Å². The van der Waals surface area contributed by atoms with Crippen LogP contribution in [-0.2, 0) is 9.31 Å². The lowest BCUT2D eigenvalue weighted by molar-refractivity contribution is 0.00578. The quantitative estimate of drug-likeness (QED) is 0.677. The van der Waals surface area contributed by atoms with E-state index < -0.39 is 0 Å². The van der Waals surface area contributed by atoms with Crippen LogP contribution in [0.3, 0.4) is 0 Å². The van der Waals surface area contributed by atoms with Crippen LogP contribution in [0.4, 0.5) is 0 Å². The highest BCUT2D eigenvalue weighted by atomic mass is 16.7. The van der Waals surface area contributed by atoms with Gasteiger partial charge in [-0.3, -0.25) is 0 Å². The second-order valence-electron chi connectivity index (χ2n) is 6.52. The Morgan fingerprint density at radius 3 is 1.60 bits per heavy atom. The van der Waals surface area contributed by atoms with Gasteiger partial charge in [0.15, 0.2) is 0 Å². The van der Waals surface area contributed by atoms with Gasteiger partial charge in [-0.1, -0.05) is 20.8 Å². The first-order valence-corrected chi connectivity index (χ1v) is 5.58. The number of rotatable bonds is 1. The Labute approximate surface area is 93.8 Å². The predicted octanol–water partition coefficient (Wildman–Crippen LogP) is 1.99. The van der Waals surface area contributed by atoms with Gasteiger partial charge in [0.2, 0.25) is 0 Å². The molecule has 0 saturated carbocycles. The molecule has 0 unspecified atom stereocenters. The van der Waals surface area contributed by atoms with Crippen molar-refractivity contribution in [3.63, 3.8) is 0 Å². The average Bonchev–Trinajstić information content (AvgIpc) is 2.18. The fourth-order valence-electron chi connectivity index (χ4n) is 1.44. The number of hydrogen-bond donors (Lipinski definition) is 1. The van der Waals surface area contributed by atoms with Crippen molar-refractivity contribution in [1.82, 2.24) is 0 Å². The molecule has 0 radical (unpaired) electrons. The Bertz CT molecular complexity index is 229. The Kier molecular flexibility index (Phi) is 3.01. The van der Waals surface area contributed by atoms with Gasteiger partial charge >= 0.3 is 7.12 Å². The van der Waals surface area contributed by atoms with Gasteiger partial charge in [-0.25, -0.2) is 0 Å². The van der Waals surface area contributed by atoms with Gasteiger partial charge in [-0.05, 0) is 33.1 Å². The molecule has 0 aromatic carbocycles. The first-order valence-electron chi connectivity index (χ1n) is 5.58. The van der Waals surface area contributed by atoms with Crippen molar-refractivity contribution in [2.45, 2.75) is 65.6 Å². The second kappa shape index (κ2) is 3.47. The third-order valence-electron chi connectivity index (χ3n) is 3.56. The molecule has 0 aromatic heterocycles. The lowest BCUT2D eigenvalue weighted by atomic mass is 9.65. The summed E-state index contributed by atoms with van der Waals surface area (Å²) >= 11 is 0. The zero-order valence-corrected chi connectivity index (χ0v) is 11.0. The molecule has 4 heteroatoms. The highest BCUT2D eigenvalue weighted by Gasteiger charge is 2.54. The summed E-state index contributed by atoms with van der Waals surface area (Å²) in [6.45, 7) is 14.5. The largest absolute Gasteiger partial charge is 0.476 e. The minimum atomic E-state index is -0.310. The Hall–Kier alpha value is -0.0551. The highest BCUT2D eigenvalue weighted by Crippen LogP contribution is 2.39. The van der Waals surface area contributed by atoms with E-state index in [4.69, 9.17) is 15.0 Å². The fraction of sp³-hybridized carbons (Fsp3) is 1.00. The van der Waals surface area contributed by atoms with Crippen LogP contribution in [0.1, 0.15) is 48.5 Å². The van der Waals surface area contributed by atoms with Crippen LogP contribution in [0.15, 0.2) is 0 Å². The zero-order valence-electron chi connectivity index (χ0n) is 11.0. The van der Waals surface area contributed by atoms with E-state index in [2.05, 4.69) is 20.8 Å². The summed E-state index contributed by atoms with van der Waals surface area (Å²) < 4.78 is 11.8. The minimum absolute atomic E-state index is 0.0127. The third-order valence-corrected chi connectivity index (χ3v) is 3.56. The monoisotopic (exact) mass is 213 g/mol. The van der Waals surface area contributed by atoms with Crippen molar-refractivity contribution >= 4 is 7.12 Å². The first kappa shape index (κ1) is 13.0. The van der Waals surface area contributed by atoms with E-state index in [1.165, 1.54) is 0 Å². The molecule has 0 aromatic rings. The summed E-state index contributed by atoms with van der Waals surface area (Å²) in [6, 6.07) is 0. The Morgan fingerprint density at radius 1 is 1.00 bits per heavy atom. The molecule has 1 rings (SSSR count). The fourth-order valence-corrected chi connectivity index (χ4v) is 1.44. The van der Waals surface area contributed by atoms with Crippen LogP contribution >= 0.6 is 0 Å². The lowest BCUT2D eigenvalue weighted by Crippen LogP contribution is -2.50. The maximum atomic E-state index is 6.15. The average molecular weight is 213 g/mol. The molecule has 0 bridgehead atoms. The molecule has 1 aliphatic heterocycles. The molecular formula is C11H24BNO2. The van der Waals surface area contributed by atoms with Crippen molar-refractivity contribution in [3.05, 3.63) is 0 Å². The van der Waals surface area contributed by atoms with E-state index >= 15 is 0 Å². The van der Waals surface area contributed by atoms with Gasteiger partial charge in [0.05, 0.1) is 11.2 Å². The van der Waals surface area contributed by atoms with E-state index in [1.807, 2.05) is 27.7 Å². The molecular weight excluding hydrogens is 189 g/mol.